The first-order valence-electron chi connectivity index (χ1n) is 11.8. The van der Waals surface area contributed by atoms with E-state index >= 15 is 0 Å². The number of unbranched alkanes of at least 4 members (excludes halogenated alkanes) is 1. The Morgan fingerprint density at radius 3 is 2.19 bits per heavy atom. The van der Waals surface area contributed by atoms with Crippen molar-refractivity contribution in [1.82, 2.24) is 15.5 Å². The number of amides is 4. The molecule has 0 aromatic heterocycles. The fourth-order valence-electron chi connectivity index (χ4n) is 3.48. The summed E-state index contributed by atoms with van der Waals surface area (Å²) in [6.45, 7) is -0.357. The van der Waals surface area contributed by atoms with Gasteiger partial charge in [-0.1, -0.05) is 60.7 Å². The second kappa shape index (κ2) is 15.7. The van der Waals surface area contributed by atoms with Crippen molar-refractivity contribution >= 4 is 30.3 Å². The third kappa shape index (κ3) is 10.1. The van der Waals surface area contributed by atoms with E-state index in [4.69, 9.17) is 10.5 Å². The summed E-state index contributed by atoms with van der Waals surface area (Å²) in [5.74, 6) is -2.97. The van der Waals surface area contributed by atoms with E-state index in [0.717, 1.165) is 0 Å². The van der Waals surface area contributed by atoms with Crippen LogP contribution < -0.4 is 16.4 Å². The van der Waals surface area contributed by atoms with E-state index in [1.54, 1.807) is 60.7 Å². The number of carboxylic acids is 1. The number of ether oxygens (including phenoxy) is 1. The monoisotopic (exact) mass is 512 g/mol. The maximum atomic E-state index is 13.1. The normalized spacial score (nSPS) is 12.0. The van der Waals surface area contributed by atoms with Crippen LogP contribution in [0.1, 0.15) is 30.4 Å². The van der Waals surface area contributed by atoms with Crippen LogP contribution in [0.3, 0.4) is 0 Å². The van der Waals surface area contributed by atoms with E-state index < -0.39 is 42.5 Å². The minimum Gasteiger partial charge on any atom is -0.480 e. The molecule has 0 fully saturated rings. The van der Waals surface area contributed by atoms with Gasteiger partial charge in [0.15, 0.2) is 0 Å². The molecule has 0 radical (unpaired) electrons. The van der Waals surface area contributed by atoms with Gasteiger partial charge in [0.1, 0.15) is 12.6 Å². The largest absolute Gasteiger partial charge is 0.480 e. The van der Waals surface area contributed by atoms with Gasteiger partial charge in [-0.2, -0.15) is 0 Å². The predicted molar refractivity (Wildman–Crippen MR) is 134 cm³/mol. The van der Waals surface area contributed by atoms with Crippen LogP contribution in [0.2, 0.25) is 0 Å². The average Bonchev–Trinajstić information content (AvgIpc) is 2.91. The molecule has 11 nitrogen and oxygen atoms in total. The number of aliphatic carboxylic acids is 1. The van der Waals surface area contributed by atoms with Crippen molar-refractivity contribution in [2.75, 3.05) is 13.1 Å². The fourth-order valence-corrected chi connectivity index (χ4v) is 3.48. The smallest absolute Gasteiger partial charge is 0.417 e. The van der Waals surface area contributed by atoms with Crippen LogP contribution >= 0.6 is 0 Å². The van der Waals surface area contributed by atoms with Gasteiger partial charge >= 0.3 is 12.1 Å². The summed E-state index contributed by atoms with van der Waals surface area (Å²) in [6, 6.07) is 14.8. The van der Waals surface area contributed by atoms with Crippen LogP contribution in [0, 0.1) is 0 Å². The van der Waals surface area contributed by atoms with Crippen molar-refractivity contribution in [1.29, 1.82) is 0 Å². The first-order valence-corrected chi connectivity index (χ1v) is 11.8. The molecule has 2 aromatic rings. The summed E-state index contributed by atoms with van der Waals surface area (Å²) in [5, 5.41) is 14.8. The van der Waals surface area contributed by atoms with Crippen molar-refractivity contribution in [2.24, 2.45) is 5.73 Å². The number of nitrogens with one attached hydrogen (secondary N) is 2. The number of carbonyl (C=O) groups excluding carboxylic acids is 4. The third-order valence-electron chi connectivity index (χ3n) is 5.46. The van der Waals surface area contributed by atoms with Crippen molar-refractivity contribution in [3.8, 4) is 0 Å². The number of hydrogen-bond acceptors (Lipinski definition) is 7. The number of nitrogens with two attached hydrogens (primary N) is 1. The van der Waals surface area contributed by atoms with Gasteiger partial charge in [0.05, 0.1) is 12.6 Å². The Hall–Kier alpha value is -4.25. The summed E-state index contributed by atoms with van der Waals surface area (Å²) in [7, 11) is 0. The van der Waals surface area contributed by atoms with E-state index in [9.17, 15) is 29.1 Å². The summed E-state index contributed by atoms with van der Waals surface area (Å²) in [6.07, 6.45) is 0.800. The fraction of sp³-hybridized carbons (Fsp3) is 0.346. The van der Waals surface area contributed by atoms with Crippen molar-refractivity contribution in [3.63, 3.8) is 0 Å². The van der Waals surface area contributed by atoms with Crippen LogP contribution in [0.25, 0.3) is 0 Å². The van der Waals surface area contributed by atoms with E-state index in [2.05, 4.69) is 10.6 Å². The van der Waals surface area contributed by atoms with Crippen molar-refractivity contribution in [3.05, 3.63) is 71.8 Å². The van der Waals surface area contributed by atoms with Crippen molar-refractivity contribution < 1.29 is 33.8 Å². The number of carboxylic acid groups (broad SMARTS) is 1. The molecular formula is C26H32N4O7. The van der Waals surface area contributed by atoms with Crippen LogP contribution in [0.4, 0.5) is 4.79 Å². The predicted octanol–water partition coefficient (Wildman–Crippen LogP) is 1.21. The summed E-state index contributed by atoms with van der Waals surface area (Å²) < 4.78 is 5.25. The molecule has 5 N–H and O–H groups in total. The lowest BCUT2D eigenvalue weighted by Crippen LogP contribution is -2.54. The highest BCUT2D eigenvalue weighted by atomic mass is 16.6. The number of nitrogens with zero attached hydrogens (tertiary/aromatic N) is 1. The van der Waals surface area contributed by atoms with E-state index in [1.165, 1.54) is 0 Å². The lowest BCUT2D eigenvalue weighted by molar-refractivity contribution is -0.148. The summed E-state index contributed by atoms with van der Waals surface area (Å²) in [5.41, 5.74) is 7.11. The molecule has 2 atom stereocenters. The standard InChI is InChI=1S/C26H32N4O7/c27-21(13-7-8-14-28-18-31)24(33)29-16-23(32)30(26(36)37-17-20-11-5-2-6-12-20)22(25(34)35)15-19-9-3-1-4-10-19/h1-6,9-12,18,21-22H,7-8,13-17,27H2,(H,28,31)(H,29,33)(H,34,35)/t21-,22-/m0/s1. The van der Waals surface area contributed by atoms with Crippen LogP contribution in [-0.4, -0.2) is 65.5 Å². The van der Waals surface area contributed by atoms with Gasteiger partial charge in [-0.3, -0.25) is 14.4 Å². The average molecular weight is 513 g/mol. The molecule has 2 rings (SSSR count). The number of imide groups is 1. The van der Waals surface area contributed by atoms with Gasteiger partial charge in [0, 0.05) is 13.0 Å². The molecule has 198 valence electrons. The number of rotatable bonds is 15. The summed E-state index contributed by atoms with van der Waals surface area (Å²) in [4.78, 5) is 61.3. The second-order valence-electron chi connectivity index (χ2n) is 8.24. The number of hydrogen-bond donors (Lipinski definition) is 4. The van der Waals surface area contributed by atoms with E-state index in [0.29, 0.717) is 48.2 Å². The van der Waals surface area contributed by atoms with Crippen LogP contribution in [0.15, 0.2) is 60.7 Å². The van der Waals surface area contributed by atoms with Gasteiger partial charge in [-0.15, -0.1) is 0 Å². The highest BCUT2D eigenvalue weighted by molar-refractivity contribution is 5.99. The maximum absolute atomic E-state index is 13.1. The molecule has 2 aromatic carbocycles. The van der Waals surface area contributed by atoms with Crippen molar-refractivity contribution in [2.45, 2.75) is 44.4 Å². The Morgan fingerprint density at radius 1 is 0.973 bits per heavy atom. The Labute approximate surface area is 215 Å². The van der Waals surface area contributed by atoms with Gasteiger partial charge in [0.25, 0.3) is 5.91 Å². The van der Waals surface area contributed by atoms with Gasteiger partial charge in [-0.05, 0) is 30.4 Å². The Balaban J connectivity index is 2.09. The molecule has 0 aliphatic rings. The third-order valence-corrected chi connectivity index (χ3v) is 5.46. The highest BCUT2D eigenvalue weighted by Gasteiger charge is 2.36. The molecule has 0 heterocycles. The van der Waals surface area contributed by atoms with Gasteiger partial charge in [0.2, 0.25) is 12.3 Å². The lowest BCUT2D eigenvalue weighted by Gasteiger charge is -2.27. The maximum Gasteiger partial charge on any atom is 0.417 e. The molecule has 0 saturated carbocycles. The first-order chi connectivity index (χ1) is 17.8. The zero-order valence-corrected chi connectivity index (χ0v) is 20.4. The molecule has 37 heavy (non-hydrogen) atoms. The topological polar surface area (TPSA) is 168 Å². The molecule has 11 heteroatoms. The quantitative estimate of drug-likeness (QED) is 0.204. The lowest BCUT2D eigenvalue weighted by atomic mass is 10.0. The zero-order valence-electron chi connectivity index (χ0n) is 20.4. The molecule has 0 spiro atoms. The minimum atomic E-state index is -1.56. The van der Waals surface area contributed by atoms with Crippen LogP contribution in [0.5, 0.6) is 0 Å². The summed E-state index contributed by atoms with van der Waals surface area (Å²) >= 11 is 0. The van der Waals surface area contributed by atoms with Gasteiger partial charge < -0.3 is 26.2 Å². The molecule has 0 unspecified atom stereocenters. The number of benzene rings is 2. The highest BCUT2D eigenvalue weighted by Crippen LogP contribution is 2.13. The molecule has 0 aliphatic carbocycles. The van der Waals surface area contributed by atoms with E-state index in [1.807, 2.05) is 0 Å². The Bertz CT molecular complexity index is 1030. The molecule has 0 aliphatic heterocycles. The molecule has 4 amide bonds. The molecule has 0 bridgehead atoms. The van der Waals surface area contributed by atoms with Gasteiger partial charge in [-0.25, -0.2) is 14.5 Å². The SMILES string of the molecule is N[C@@H](CCCCNC=O)C(=O)NCC(=O)N(C(=O)OCc1ccccc1)[C@@H](Cc1ccccc1)C(=O)O. The van der Waals surface area contributed by atoms with Crippen LogP contribution in [-0.2, 0) is 36.9 Å². The second-order valence-corrected chi connectivity index (χ2v) is 8.24. The molecular weight excluding hydrogens is 480 g/mol. The number of carbonyl (C=O) groups is 5. The zero-order chi connectivity index (χ0) is 27.0. The Morgan fingerprint density at radius 2 is 1.59 bits per heavy atom. The molecule has 0 saturated heterocycles. The Kier molecular flexibility index (Phi) is 12.3. The first kappa shape index (κ1) is 29.0. The van der Waals surface area contributed by atoms with E-state index in [-0.39, 0.29) is 13.0 Å². The minimum absolute atomic E-state index is 0.148.